The molecule has 0 saturated heterocycles. The minimum Gasteiger partial charge on any atom is -0.497 e. The summed E-state index contributed by atoms with van der Waals surface area (Å²) >= 11 is 1.58. The molecule has 3 aromatic heterocycles. The number of carbonyl (C=O) groups is 1. The molecule has 0 saturated carbocycles. The van der Waals surface area contributed by atoms with Crippen LogP contribution in [0.5, 0.6) is 5.75 Å². The highest BCUT2D eigenvalue weighted by Crippen LogP contribution is 2.24. The number of hydrogen-bond donors (Lipinski definition) is 0. The molecule has 0 unspecified atom stereocenters. The SMILES string of the molecule is COC(=O)Cc1nn(-c2ccc(OC)cc2)c2c1nnc1nc(SCCC(C)C)nn12. The van der Waals surface area contributed by atoms with Gasteiger partial charge in [0.15, 0.2) is 11.2 Å². The maximum atomic E-state index is 11.9. The largest absolute Gasteiger partial charge is 0.497 e. The van der Waals surface area contributed by atoms with Crippen LogP contribution in [-0.2, 0) is 16.0 Å². The monoisotopic (exact) mass is 441 g/mol. The molecule has 0 radical (unpaired) electrons. The van der Waals surface area contributed by atoms with Gasteiger partial charge in [-0.25, -0.2) is 4.68 Å². The first-order valence-corrected chi connectivity index (χ1v) is 10.8. The van der Waals surface area contributed by atoms with Gasteiger partial charge < -0.3 is 9.47 Å². The number of carbonyl (C=O) groups excluding carboxylic acids is 1. The number of hydrogen-bond acceptors (Lipinski definition) is 9. The molecule has 0 spiro atoms. The number of aromatic nitrogens is 7. The van der Waals surface area contributed by atoms with Crippen molar-refractivity contribution in [1.29, 1.82) is 0 Å². The zero-order chi connectivity index (χ0) is 22.0. The molecule has 0 aliphatic heterocycles. The predicted molar refractivity (Wildman–Crippen MR) is 116 cm³/mol. The van der Waals surface area contributed by atoms with Crippen molar-refractivity contribution < 1.29 is 14.3 Å². The molecule has 0 fully saturated rings. The van der Waals surface area contributed by atoms with Gasteiger partial charge in [-0.3, -0.25) is 4.79 Å². The number of ether oxygens (including phenoxy) is 2. The summed E-state index contributed by atoms with van der Waals surface area (Å²) in [5.74, 6) is 2.21. The van der Waals surface area contributed by atoms with Crippen molar-refractivity contribution >= 4 is 34.7 Å². The molecule has 4 rings (SSSR count). The Morgan fingerprint density at radius 2 is 1.90 bits per heavy atom. The second-order valence-electron chi connectivity index (χ2n) is 7.32. The average Bonchev–Trinajstić information content (AvgIpc) is 3.34. The predicted octanol–water partition coefficient (Wildman–Crippen LogP) is 2.72. The number of fused-ring (bicyclic) bond motifs is 3. The summed E-state index contributed by atoms with van der Waals surface area (Å²) < 4.78 is 13.4. The zero-order valence-electron chi connectivity index (χ0n) is 17.8. The van der Waals surface area contributed by atoms with Gasteiger partial charge in [-0.05, 0) is 36.6 Å². The third-order valence-corrected chi connectivity index (χ3v) is 5.57. The molecule has 3 heterocycles. The van der Waals surface area contributed by atoms with Crippen molar-refractivity contribution in [1.82, 2.24) is 34.6 Å². The maximum Gasteiger partial charge on any atom is 0.311 e. The van der Waals surface area contributed by atoms with Gasteiger partial charge in [0.2, 0.25) is 5.16 Å². The van der Waals surface area contributed by atoms with Crippen molar-refractivity contribution in [2.45, 2.75) is 31.8 Å². The van der Waals surface area contributed by atoms with Crippen LogP contribution in [0.3, 0.4) is 0 Å². The number of nitrogens with zero attached hydrogens (tertiary/aromatic N) is 7. The molecule has 162 valence electrons. The van der Waals surface area contributed by atoms with E-state index in [0.717, 1.165) is 23.6 Å². The molecule has 0 bridgehead atoms. The topological polar surface area (TPSA) is 109 Å². The van der Waals surface area contributed by atoms with Crippen molar-refractivity contribution in [3.63, 3.8) is 0 Å². The summed E-state index contributed by atoms with van der Waals surface area (Å²) in [5, 5.41) is 18.4. The van der Waals surface area contributed by atoms with Gasteiger partial charge in [-0.1, -0.05) is 25.6 Å². The number of benzene rings is 1. The number of methoxy groups -OCH3 is 2. The lowest BCUT2D eigenvalue weighted by molar-refractivity contribution is -0.139. The normalized spacial score (nSPS) is 11.5. The second-order valence-corrected chi connectivity index (χ2v) is 8.38. The average molecular weight is 442 g/mol. The van der Waals surface area contributed by atoms with Crippen LogP contribution in [0.25, 0.3) is 22.6 Å². The highest BCUT2D eigenvalue weighted by atomic mass is 32.2. The summed E-state index contributed by atoms with van der Waals surface area (Å²) in [6, 6.07) is 7.41. The van der Waals surface area contributed by atoms with Crippen LogP contribution in [0.1, 0.15) is 26.0 Å². The third kappa shape index (κ3) is 4.31. The fourth-order valence-electron chi connectivity index (χ4n) is 3.00. The summed E-state index contributed by atoms with van der Waals surface area (Å²) in [7, 11) is 2.95. The quantitative estimate of drug-likeness (QED) is 0.301. The van der Waals surface area contributed by atoms with Crippen molar-refractivity contribution in [3.8, 4) is 11.4 Å². The minimum atomic E-state index is -0.410. The van der Waals surface area contributed by atoms with Gasteiger partial charge in [-0.15, -0.1) is 15.3 Å². The fourth-order valence-corrected chi connectivity index (χ4v) is 4.06. The summed E-state index contributed by atoms with van der Waals surface area (Å²) in [5.41, 5.74) is 2.27. The lowest BCUT2D eigenvalue weighted by atomic mass is 10.2. The molecule has 0 atom stereocenters. The summed E-state index contributed by atoms with van der Waals surface area (Å²) in [4.78, 5) is 16.4. The Hall–Kier alpha value is -3.21. The number of thioether (sulfide) groups is 1. The highest BCUT2D eigenvalue weighted by molar-refractivity contribution is 7.99. The van der Waals surface area contributed by atoms with Gasteiger partial charge in [0, 0.05) is 5.75 Å². The lowest BCUT2D eigenvalue weighted by Crippen LogP contribution is -2.06. The van der Waals surface area contributed by atoms with Gasteiger partial charge in [-0.2, -0.15) is 14.6 Å². The molecular formula is C20H23N7O3S. The van der Waals surface area contributed by atoms with E-state index in [4.69, 9.17) is 9.47 Å². The van der Waals surface area contributed by atoms with E-state index >= 15 is 0 Å². The van der Waals surface area contributed by atoms with Crippen LogP contribution in [-0.4, -0.2) is 60.5 Å². The third-order valence-electron chi connectivity index (χ3n) is 4.70. The second kappa shape index (κ2) is 8.88. The van der Waals surface area contributed by atoms with E-state index in [9.17, 15) is 4.79 Å². The fraction of sp³-hybridized carbons (Fsp3) is 0.400. The molecule has 10 nitrogen and oxygen atoms in total. The van der Waals surface area contributed by atoms with Gasteiger partial charge in [0.1, 0.15) is 11.4 Å². The van der Waals surface area contributed by atoms with Crippen LogP contribution in [0.15, 0.2) is 29.4 Å². The smallest absolute Gasteiger partial charge is 0.311 e. The highest BCUT2D eigenvalue weighted by Gasteiger charge is 2.22. The van der Waals surface area contributed by atoms with Crippen molar-refractivity contribution in [2.75, 3.05) is 20.0 Å². The van der Waals surface area contributed by atoms with Crippen LogP contribution in [0, 0.1) is 5.92 Å². The Kier molecular flexibility index (Phi) is 6.03. The Morgan fingerprint density at radius 3 is 2.58 bits per heavy atom. The maximum absolute atomic E-state index is 11.9. The Labute approximate surface area is 183 Å². The first kappa shape index (κ1) is 21.0. The molecule has 0 N–H and O–H groups in total. The van der Waals surface area contributed by atoms with Crippen molar-refractivity contribution in [2.24, 2.45) is 5.92 Å². The first-order chi connectivity index (χ1) is 15.0. The van der Waals surface area contributed by atoms with Crippen LogP contribution < -0.4 is 4.74 Å². The first-order valence-electron chi connectivity index (χ1n) is 9.85. The van der Waals surface area contributed by atoms with Crippen LogP contribution >= 0.6 is 11.8 Å². The van der Waals surface area contributed by atoms with E-state index in [1.165, 1.54) is 7.11 Å². The molecule has 11 heteroatoms. The van der Waals surface area contributed by atoms with E-state index in [1.807, 2.05) is 24.3 Å². The van der Waals surface area contributed by atoms with Crippen molar-refractivity contribution in [3.05, 3.63) is 30.0 Å². The minimum absolute atomic E-state index is 0.0268. The lowest BCUT2D eigenvalue weighted by Gasteiger charge is -2.05. The van der Waals surface area contributed by atoms with Gasteiger partial charge >= 0.3 is 5.97 Å². The Bertz CT molecular complexity index is 1220. The van der Waals surface area contributed by atoms with Crippen LogP contribution in [0.4, 0.5) is 0 Å². The van der Waals surface area contributed by atoms with E-state index < -0.39 is 5.97 Å². The summed E-state index contributed by atoms with van der Waals surface area (Å²) in [6.07, 6.45) is 1.04. The number of rotatable bonds is 8. The van der Waals surface area contributed by atoms with E-state index in [2.05, 4.69) is 39.2 Å². The molecular weight excluding hydrogens is 418 g/mol. The number of esters is 1. The standard InChI is InChI=1S/C20H23N7O3S/c1-12(2)9-10-31-20-21-19-23-22-17-15(11-16(28)30-4)24-26(18(17)27(19)25-20)13-5-7-14(29-3)8-6-13/h5-8,12H,9-11H2,1-4H3. The van der Waals surface area contributed by atoms with Gasteiger partial charge in [0.05, 0.1) is 26.3 Å². The molecule has 0 aliphatic rings. The van der Waals surface area contributed by atoms with Gasteiger partial charge in [0.25, 0.3) is 5.78 Å². The molecule has 0 amide bonds. The Morgan fingerprint density at radius 1 is 1.13 bits per heavy atom. The van der Waals surface area contributed by atoms with Crippen LogP contribution in [0.2, 0.25) is 0 Å². The molecule has 4 aromatic rings. The van der Waals surface area contributed by atoms with E-state index in [0.29, 0.717) is 33.7 Å². The summed E-state index contributed by atoms with van der Waals surface area (Å²) in [6.45, 7) is 4.37. The molecule has 0 aliphatic carbocycles. The van der Waals surface area contributed by atoms with E-state index in [-0.39, 0.29) is 6.42 Å². The zero-order valence-corrected chi connectivity index (χ0v) is 18.6. The van der Waals surface area contributed by atoms with E-state index in [1.54, 1.807) is 28.1 Å². The Balaban J connectivity index is 1.84. The molecule has 1 aromatic carbocycles. The molecule has 31 heavy (non-hydrogen) atoms.